The number of nitrogens with one attached hydrogen (secondary N) is 1. The number of hydrogen-bond acceptors (Lipinski definition) is 4. The van der Waals surface area contributed by atoms with E-state index in [0.717, 1.165) is 19.4 Å². The van der Waals surface area contributed by atoms with Crippen LogP contribution in [0.2, 0.25) is 0 Å². The van der Waals surface area contributed by atoms with Gasteiger partial charge in [0.1, 0.15) is 6.33 Å². The highest BCUT2D eigenvalue weighted by atomic mass is 19.1. The van der Waals surface area contributed by atoms with E-state index in [4.69, 9.17) is 0 Å². The number of halogens is 1. The van der Waals surface area contributed by atoms with E-state index < -0.39 is 0 Å². The maximum Gasteiger partial charge on any atom is 0.187 e. The minimum atomic E-state index is -0.250. The molecule has 5 heteroatoms. The molecule has 1 aromatic rings. The molecule has 0 aliphatic carbocycles. The summed E-state index contributed by atoms with van der Waals surface area (Å²) in [5.74, 6) is 0.221. The highest BCUT2D eigenvalue weighted by Gasteiger charge is 2.30. The molecule has 2 unspecified atom stereocenters. The monoisotopic (exact) mass is 266 g/mol. The molecule has 2 rings (SSSR count). The molecule has 2 heterocycles. The Morgan fingerprint density at radius 1 is 1.47 bits per heavy atom. The summed E-state index contributed by atoms with van der Waals surface area (Å²) < 4.78 is 14.4. The maximum absolute atomic E-state index is 14.4. The van der Waals surface area contributed by atoms with Crippen LogP contribution in [0, 0.1) is 5.82 Å². The summed E-state index contributed by atoms with van der Waals surface area (Å²) in [7, 11) is 1.95. The molecule has 1 saturated heterocycles. The summed E-state index contributed by atoms with van der Waals surface area (Å²) in [4.78, 5) is 10.3. The molecular weight excluding hydrogens is 243 g/mol. The van der Waals surface area contributed by atoms with Crippen LogP contribution in [0.15, 0.2) is 6.33 Å². The number of nitrogens with zero attached hydrogens (tertiary/aromatic N) is 3. The molecule has 0 aromatic carbocycles. The van der Waals surface area contributed by atoms with Gasteiger partial charge in [0.15, 0.2) is 11.6 Å². The van der Waals surface area contributed by atoms with E-state index in [1.54, 1.807) is 0 Å². The molecule has 0 radical (unpaired) electrons. The van der Waals surface area contributed by atoms with Crippen molar-refractivity contribution in [1.29, 1.82) is 0 Å². The van der Waals surface area contributed by atoms with Gasteiger partial charge in [-0.25, -0.2) is 14.4 Å². The van der Waals surface area contributed by atoms with Crippen molar-refractivity contribution in [3.05, 3.63) is 17.8 Å². The highest BCUT2D eigenvalue weighted by Crippen LogP contribution is 2.27. The Morgan fingerprint density at radius 2 is 2.26 bits per heavy atom. The summed E-state index contributed by atoms with van der Waals surface area (Å²) in [5, 5.41) is 3.27. The van der Waals surface area contributed by atoms with E-state index in [2.05, 4.69) is 27.1 Å². The average Bonchev–Trinajstić information content (AvgIpc) is 2.47. The zero-order valence-electron chi connectivity index (χ0n) is 12.0. The van der Waals surface area contributed by atoms with E-state index >= 15 is 0 Å². The van der Waals surface area contributed by atoms with Gasteiger partial charge in [-0.3, -0.25) is 0 Å². The van der Waals surface area contributed by atoms with E-state index in [-0.39, 0.29) is 5.82 Å². The van der Waals surface area contributed by atoms with E-state index in [0.29, 0.717) is 30.0 Å². The summed E-state index contributed by atoms with van der Waals surface area (Å²) in [6.45, 7) is 4.93. The molecule has 1 aromatic heterocycles. The van der Waals surface area contributed by atoms with Gasteiger partial charge in [0, 0.05) is 18.6 Å². The van der Waals surface area contributed by atoms with Gasteiger partial charge in [0.25, 0.3) is 0 Å². The number of likely N-dealkylation sites (N-methyl/N-ethyl adjacent to an activating group) is 1. The van der Waals surface area contributed by atoms with Crippen LogP contribution in [-0.4, -0.2) is 35.6 Å². The zero-order valence-corrected chi connectivity index (χ0v) is 12.0. The van der Waals surface area contributed by atoms with E-state index in [1.165, 1.54) is 12.7 Å². The molecule has 0 amide bonds. The van der Waals surface area contributed by atoms with Crippen LogP contribution in [0.25, 0.3) is 0 Å². The predicted molar refractivity (Wildman–Crippen MR) is 74.9 cm³/mol. The van der Waals surface area contributed by atoms with Gasteiger partial charge in [0.2, 0.25) is 0 Å². The molecule has 1 N–H and O–H groups in total. The summed E-state index contributed by atoms with van der Waals surface area (Å²) >= 11 is 0. The minimum absolute atomic E-state index is 0.250. The number of aryl methyl sites for hydroxylation is 1. The molecule has 4 nitrogen and oxygen atoms in total. The number of piperidine rings is 1. The van der Waals surface area contributed by atoms with Crippen LogP contribution in [0.4, 0.5) is 10.2 Å². The van der Waals surface area contributed by atoms with Crippen LogP contribution in [-0.2, 0) is 6.42 Å². The van der Waals surface area contributed by atoms with E-state index in [1.807, 2.05) is 14.0 Å². The van der Waals surface area contributed by atoms with Crippen LogP contribution in [0.3, 0.4) is 0 Å². The lowest BCUT2D eigenvalue weighted by Gasteiger charge is -2.40. The molecule has 2 atom stereocenters. The summed E-state index contributed by atoms with van der Waals surface area (Å²) in [6.07, 6.45) is 5.44. The lowest BCUT2D eigenvalue weighted by molar-refractivity contribution is 0.375. The third kappa shape index (κ3) is 2.86. The van der Waals surface area contributed by atoms with E-state index in [9.17, 15) is 4.39 Å². The number of hydrogen-bond donors (Lipinski definition) is 1. The second-order valence-corrected chi connectivity index (χ2v) is 5.15. The first-order chi connectivity index (χ1) is 9.19. The third-order valence-corrected chi connectivity index (χ3v) is 4.03. The van der Waals surface area contributed by atoms with Crippen LogP contribution < -0.4 is 10.2 Å². The standard InChI is InChI=1S/C14H23FN4/c1-4-11-13(15)14(18-9-17-11)19-8-6-5-7-12(19)10(2)16-3/h9-10,12,16H,4-8H2,1-3H3. The lowest BCUT2D eigenvalue weighted by Crippen LogP contribution is -2.51. The molecule has 1 aliphatic heterocycles. The lowest BCUT2D eigenvalue weighted by atomic mass is 9.96. The van der Waals surface area contributed by atoms with Crippen LogP contribution in [0.5, 0.6) is 0 Å². The fourth-order valence-corrected chi connectivity index (χ4v) is 2.77. The Labute approximate surface area is 114 Å². The largest absolute Gasteiger partial charge is 0.350 e. The van der Waals surface area contributed by atoms with Crippen LogP contribution >= 0.6 is 0 Å². The fourth-order valence-electron chi connectivity index (χ4n) is 2.77. The molecule has 1 fully saturated rings. The van der Waals surface area contributed by atoms with Gasteiger partial charge in [-0.15, -0.1) is 0 Å². The first-order valence-electron chi connectivity index (χ1n) is 7.12. The SMILES string of the molecule is CCc1ncnc(N2CCCCC2C(C)NC)c1F. The number of aromatic nitrogens is 2. The molecular formula is C14H23FN4. The first kappa shape index (κ1) is 14.2. The van der Waals surface area contributed by atoms with Crippen molar-refractivity contribution in [2.24, 2.45) is 0 Å². The van der Waals surface area contributed by atoms with Crippen molar-refractivity contribution in [3.8, 4) is 0 Å². The Morgan fingerprint density at radius 3 is 2.95 bits per heavy atom. The van der Waals surface area contributed by atoms with Gasteiger partial charge in [-0.05, 0) is 39.7 Å². The van der Waals surface area contributed by atoms with Gasteiger partial charge >= 0.3 is 0 Å². The van der Waals surface area contributed by atoms with Gasteiger partial charge < -0.3 is 10.2 Å². The van der Waals surface area contributed by atoms with Gasteiger partial charge in [-0.1, -0.05) is 6.92 Å². The van der Waals surface area contributed by atoms with Crippen molar-refractivity contribution in [2.75, 3.05) is 18.5 Å². The van der Waals surface area contributed by atoms with Crippen molar-refractivity contribution < 1.29 is 4.39 Å². The summed E-state index contributed by atoms with van der Waals surface area (Å²) in [5.41, 5.74) is 0.506. The van der Waals surface area contributed by atoms with Crippen molar-refractivity contribution in [1.82, 2.24) is 15.3 Å². The van der Waals surface area contributed by atoms with Crippen molar-refractivity contribution in [2.45, 2.75) is 51.6 Å². The molecule has 1 aliphatic rings. The quantitative estimate of drug-likeness (QED) is 0.906. The molecule has 0 bridgehead atoms. The Balaban J connectivity index is 2.32. The molecule has 106 valence electrons. The zero-order chi connectivity index (χ0) is 13.8. The van der Waals surface area contributed by atoms with Gasteiger partial charge in [-0.2, -0.15) is 0 Å². The third-order valence-electron chi connectivity index (χ3n) is 4.03. The first-order valence-corrected chi connectivity index (χ1v) is 7.12. The molecule has 0 saturated carbocycles. The average molecular weight is 266 g/mol. The van der Waals surface area contributed by atoms with Gasteiger partial charge in [0.05, 0.1) is 5.69 Å². The smallest absolute Gasteiger partial charge is 0.187 e. The fraction of sp³-hybridized carbons (Fsp3) is 0.714. The van der Waals surface area contributed by atoms with Crippen LogP contribution in [0.1, 0.15) is 38.8 Å². The second-order valence-electron chi connectivity index (χ2n) is 5.15. The highest BCUT2D eigenvalue weighted by molar-refractivity contribution is 5.43. The minimum Gasteiger partial charge on any atom is -0.350 e. The Hall–Kier alpha value is -1.23. The normalized spacial score (nSPS) is 21.5. The Kier molecular flexibility index (Phi) is 4.69. The number of anilines is 1. The topological polar surface area (TPSA) is 41.1 Å². The van der Waals surface area contributed by atoms with Crippen molar-refractivity contribution in [3.63, 3.8) is 0 Å². The Bertz CT molecular complexity index is 424. The molecule has 19 heavy (non-hydrogen) atoms. The maximum atomic E-state index is 14.4. The second kappa shape index (κ2) is 6.28. The van der Waals surface area contributed by atoms with Crippen molar-refractivity contribution >= 4 is 5.82 Å². The summed E-state index contributed by atoms with van der Waals surface area (Å²) in [6, 6.07) is 0.618. The number of rotatable bonds is 4. The molecule has 0 spiro atoms. The predicted octanol–water partition coefficient (Wildman–Crippen LogP) is 2.14.